The largest absolute Gasteiger partial charge is 0.380 e. The molecule has 0 bridgehead atoms. The van der Waals surface area contributed by atoms with E-state index >= 15 is 0 Å². The van der Waals surface area contributed by atoms with Gasteiger partial charge in [0.05, 0.1) is 12.0 Å². The van der Waals surface area contributed by atoms with E-state index in [9.17, 15) is 4.79 Å². The number of nitrogens with one attached hydrogen (secondary N) is 1. The van der Waals surface area contributed by atoms with E-state index in [1.165, 1.54) is 0 Å². The van der Waals surface area contributed by atoms with E-state index in [2.05, 4.69) is 19.2 Å². The number of rotatable bonds is 8. The fourth-order valence-corrected chi connectivity index (χ4v) is 3.01. The van der Waals surface area contributed by atoms with Crippen molar-refractivity contribution < 1.29 is 9.53 Å². The summed E-state index contributed by atoms with van der Waals surface area (Å²) in [4.78, 5) is 14.9. The zero-order chi connectivity index (χ0) is 14.1. The van der Waals surface area contributed by atoms with Gasteiger partial charge in [-0.15, -0.1) is 0 Å². The van der Waals surface area contributed by atoms with Crippen LogP contribution in [0.3, 0.4) is 0 Å². The lowest BCUT2D eigenvalue weighted by Gasteiger charge is -2.40. The van der Waals surface area contributed by atoms with Crippen LogP contribution in [0.2, 0.25) is 0 Å². The van der Waals surface area contributed by atoms with Crippen molar-refractivity contribution in [3.05, 3.63) is 0 Å². The van der Waals surface area contributed by atoms with Crippen molar-refractivity contribution in [3.63, 3.8) is 0 Å². The van der Waals surface area contributed by atoms with Crippen LogP contribution in [-0.4, -0.2) is 50.2 Å². The van der Waals surface area contributed by atoms with Crippen LogP contribution in [0, 0.1) is 5.41 Å². The van der Waals surface area contributed by atoms with Gasteiger partial charge in [0, 0.05) is 19.7 Å². The molecule has 1 N–H and O–H groups in total. The van der Waals surface area contributed by atoms with Gasteiger partial charge in [-0.25, -0.2) is 0 Å². The molecule has 1 fully saturated rings. The maximum atomic E-state index is 12.9. The van der Waals surface area contributed by atoms with Crippen LogP contribution >= 0.6 is 0 Å². The van der Waals surface area contributed by atoms with Gasteiger partial charge in [-0.1, -0.05) is 13.3 Å². The normalized spacial score (nSPS) is 18.3. The summed E-state index contributed by atoms with van der Waals surface area (Å²) in [5, 5.41) is 3.37. The minimum Gasteiger partial charge on any atom is -0.380 e. The fourth-order valence-electron chi connectivity index (χ4n) is 3.01. The Bertz CT molecular complexity index is 257. The van der Waals surface area contributed by atoms with E-state index in [0.29, 0.717) is 12.5 Å². The summed E-state index contributed by atoms with van der Waals surface area (Å²) in [6.45, 7) is 11.0. The average Bonchev–Trinajstić information content (AvgIpc) is 2.44. The highest BCUT2D eigenvalue weighted by Crippen LogP contribution is 2.36. The molecule has 0 aromatic carbocycles. The quantitative estimate of drug-likeness (QED) is 0.686. The predicted octanol–water partition coefficient (Wildman–Crippen LogP) is 2.04. The van der Waals surface area contributed by atoms with Crippen molar-refractivity contribution in [2.45, 2.75) is 46.5 Å². The Kier molecular flexibility index (Phi) is 7.39. The van der Waals surface area contributed by atoms with Crippen LogP contribution in [0.4, 0.5) is 0 Å². The lowest BCUT2D eigenvalue weighted by atomic mass is 9.74. The van der Waals surface area contributed by atoms with Gasteiger partial charge in [0.2, 0.25) is 5.91 Å². The first kappa shape index (κ1) is 16.4. The van der Waals surface area contributed by atoms with Crippen molar-refractivity contribution in [3.8, 4) is 0 Å². The molecule has 4 heteroatoms. The highest BCUT2D eigenvalue weighted by molar-refractivity contribution is 5.83. The van der Waals surface area contributed by atoms with E-state index in [1.807, 2.05) is 11.8 Å². The van der Waals surface area contributed by atoms with Crippen LogP contribution in [0.25, 0.3) is 0 Å². The van der Waals surface area contributed by atoms with Crippen molar-refractivity contribution >= 4 is 5.91 Å². The molecule has 0 atom stereocenters. The SMILES string of the molecule is CCCC1(C(=O)N(CC)CCOCC)CCNCC1. The molecule has 0 spiro atoms. The Labute approximate surface area is 117 Å². The number of hydrogen-bond acceptors (Lipinski definition) is 3. The summed E-state index contributed by atoms with van der Waals surface area (Å²) in [5.41, 5.74) is -0.123. The molecule has 0 saturated carbocycles. The molecule has 4 nitrogen and oxygen atoms in total. The van der Waals surface area contributed by atoms with Gasteiger partial charge in [-0.3, -0.25) is 4.79 Å². The van der Waals surface area contributed by atoms with Gasteiger partial charge >= 0.3 is 0 Å². The predicted molar refractivity (Wildman–Crippen MR) is 78.2 cm³/mol. The molecule has 0 radical (unpaired) electrons. The Hall–Kier alpha value is -0.610. The molecule has 19 heavy (non-hydrogen) atoms. The lowest BCUT2D eigenvalue weighted by molar-refractivity contribution is -0.145. The molecular formula is C15H30N2O2. The number of amides is 1. The summed E-state index contributed by atoms with van der Waals surface area (Å²) in [7, 11) is 0. The van der Waals surface area contributed by atoms with Gasteiger partial charge in [0.1, 0.15) is 0 Å². The van der Waals surface area contributed by atoms with Gasteiger partial charge < -0.3 is 15.0 Å². The van der Waals surface area contributed by atoms with Crippen molar-refractivity contribution in [1.82, 2.24) is 10.2 Å². The molecule has 1 amide bonds. The van der Waals surface area contributed by atoms with E-state index < -0.39 is 0 Å². The fraction of sp³-hybridized carbons (Fsp3) is 0.933. The molecule has 1 saturated heterocycles. The molecule has 1 aliphatic rings. The van der Waals surface area contributed by atoms with Crippen LogP contribution in [-0.2, 0) is 9.53 Å². The number of ether oxygens (including phenoxy) is 1. The highest BCUT2D eigenvalue weighted by Gasteiger charge is 2.40. The van der Waals surface area contributed by atoms with Crippen LogP contribution in [0.15, 0.2) is 0 Å². The standard InChI is InChI=1S/C15H30N2O2/c1-4-7-15(8-10-16-11-9-15)14(18)17(5-2)12-13-19-6-3/h16H,4-13H2,1-3H3. The second-order valence-corrected chi connectivity index (χ2v) is 5.36. The third-order valence-corrected chi connectivity index (χ3v) is 4.12. The smallest absolute Gasteiger partial charge is 0.228 e. The highest BCUT2D eigenvalue weighted by atomic mass is 16.5. The van der Waals surface area contributed by atoms with Gasteiger partial charge in [0.25, 0.3) is 0 Å². The molecule has 1 heterocycles. The topological polar surface area (TPSA) is 41.6 Å². The molecule has 0 unspecified atom stereocenters. The van der Waals surface area contributed by atoms with E-state index in [0.717, 1.165) is 58.5 Å². The first-order valence-corrected chi connectivity index (χ1v) is 7.78. The summed E-state index contributed by atoms with van der Waals surface area (Å²) in [5.74, 6) is 0.345. The van der Waals surface area contributed by atoms with Gasteiger partial charge in [-0.2, -0.15) is 0 Å². The minimum absolute atomic E-state index is 0.123. The molecule has 112 valence electrons. The number of nitrogens with zero attached hydrogens (tertiary/aromatic N) is 1. The number of hydrogen-bond donors (Lipinski definition) is 1. The number of likely N-dealkylation sites (N-methyl/N-ethyl adjacent to an activating group) is 1. The molecule has 0 aromatic rings. The molecular weight excluding hydrogens is 240 g/mol. The third kappa shape index (κ3) is 4.46. The Balaban J connectivity index is 2.67. The van der Waals surface area contributed by atoms with Crippen molar-refractivity contribution in [2.75, 3.05) is 39.4 Å². The number of piperidine rings is 1. The second kappa shape index (κ2) is 8.54. The Morgan fingerprint density at radius 1 is 1.26 bits per heavy atom. The zero-order valence-corrected chi connectivity index (χ0v) is 12.8. The molecule has 1 rings (SSSR count). The summed E-state index contributed by atoms with van der Waals surface area (Å²) < 4.78 is 5.39. The first-order chi connectivity index (χ1) is 9.20. The van der Waals surface area contributed by atoms with E-state index in [4.69, 9.17) is 4.74 Å². The minimum atomic E-state index is -0.123. The second-order valence-electron chi connectivity index (χ2n) is 5.36. The average molecular weight is 270 g/mol. The van der Waals surface area contributed by atoms with Crippen molar-refractivity contribution in [2.24, 2.45) is 5.41 Å². The third-order valence-electron chi connectivity index (χ3n) is 4.12. The molecule has 0 aromatic heterocycles. The Morgan fingerprint density at radius 3 is 2.47 bits per heavy atom. The zero-order valence-electron chi connectivity index (χ0n) is 12.8. The molecule has 0 aliphatic carbocycles. The first-order valence-electron chi connectivity index (χ1n) is 7.78. The van der Waals surface area contributed by atoms with Crippen LogP contribution in [0.1, 0.15) is 46.5 Å². The van der Waals surface area contributed by atoms with E-state index in [-0.39, 0.29) is 5.41 Å². The number of carbonyl (C=O) groups is 1. The summed E-state index contributed by atoms with van der Waals surface area (Å²) in [6, 6.07) is 0. The Morgan fingerprint density at radius 2 is 1.95 bits per heavy atom. The summed E-state index contributed by atoms with van der Waals surface area (Å²) in [6.07, 6.45) is 4.04. The van der Waals surface area contributed by atoms with E-state index in [1.54, 1.807) is 0 Å². The molecule has 1 aliphatic heterocycles. The van der Waals surface area contributed by atoms with Crippen molar-refractivity contribution in [1.29, 1.82) is 0 Å². The van der Waals surface area contributed by atoms with Crippen LogP contribution < -0.4 is 5.32 Å². The summed E-state index contributed by atoms with van der Waals surface area (Å²) >= 11 is 0. The van der Waals surface area contributed by atoms with Gasteiger partial charge in [-0.05, 0) is 46.2 Å². The monoisotopic (exact) mass is 270 g/mol. The van der Waals surface area contributed by atoms with Gasteiger partial charge in [0.15, 0.2) is 0 Å². The maximum absolute atomic E-state index is 12.9. The van der Waals surface area contributed by atoms with Crippen LogP contribution in [0.5, 0.6) is 0 Å². The number of carbonyl (C=O) groups excluding carboxylic acids is 1. The maximum Gasteiger partial charge on any atom is 0.228 e. The lowest BCUT2D eigenvalue weighted by Crippen LogP contribution is -2.50.